The van der Waals surface area contributed by atoms with Crippen molar-refractivity contribution in [2.75, 3.05) is 11.1 Å². The molecule has 0 radical (unpaired) electrons. The third-order valence-electron chi connectivity index (χ3n) is 3.71. The average Bonchev–Trinajstić information content (AvgIpc) is 2.53. The van der Waals surface area contributed by atoms with Crippen LogP contribution in [-0.2, 0) is 4.79 Å². The van der Waals surface area contributed by atoms with Gasteiger partial charge in [0.25, 0.3) is 0 Å². The summed E-state index contributed by atoms with van der Waals surface area (Å²) < 4.78 is 0. The Morgan fingerprint density at radius 3 is 2.86 bits per heavy atom. The molecule has 4 nitrogen and oxygen atoms in total. The number of benzene rings is 2. The molecule has 2 aromatic carbocycles. The van der Waals surface area contributed by atoms with Crippen LogP contribution in [0.15, 0.2) is 41.4 Å². The van der Waals surface area contributed by atoms with Gasteiger partial charge in [0.05, 0.1) is 17.1 Å². The molecule has 1 heterocycles. The molecule has 0 bridgehead atoms. The minimum Gasteiger partial charge on any atom is -0.353 e. The summed E-state index contributed by atoms with van der Waals surface area (Å²) in [6, 6.07) is 12.5. The van der Waals surface area contributed by atoms with Crippen LogP contribution >= 0.6 is 11.8 Å². The van der Waals surface area contributed by atoms with Gasteiger partial charge in [0.1, 0.15) is 0 Å². The van der Waals surface area contributed by atoms with E-state index >= 15 is 0 Å². The lowest BCUT2D eigenvalue weighted by Crippen LogP contribution is -2.33. The van der Waals surface area contributed by atoms with E-state index in [0.717, 1.165) is 28.3 Å². The molecule has 0 saturated heterocycles. The summed E-state index contributed by atoms with van der Waals surface area (Å²) >= 11 is 1.43. The smallest absolute Gasteiger partial charge is 0.230 e. The third kappa shape index (κ3) is 3.09. The SMILES string of the molecule is CC[C@@H](C)NC(=O)CSC1=Nc2cccc3cccc(c23)N1. The van der Waals surface area contributed by atoms with Gasteiger partial charge in [-0.25, -0.2) is 4.99 Å². The number of hydrogen-bond donors (Lipinski definition) is 2. The van der Waals surface area contributed by atoms with Crippen LogP contribution in [0.25, 0.3) is 10.8 Å². The number of anilines is 1. The molecule has 0 saturated carbocycles. The lowest BCUT2D eigenvalue weighted by atomic mass is 10.1. The number of carbonyl (C=O) groups excluding carboxylic acids is 1. The number of amidine groups is 1. The predicted octanol–water partition coefficient (Wildman–Crippen LogP) is 3.90. The lowest BCUT2D eigenvalue weighted by molar-refractivity contribution is -0.119. The van der Waals surface area contributed by atoms with E-state index in [4.69, 9.17) is 0 Å². The fraction of sp³-hybridized carbons (Fsp3) is 0.294. The van der Waals surface area contributed by atoms with Crippen molar-refractivity contribution in [2.45, 2.75) is 26.3 Å². The standard InChI is InChI=1S/C17H19N3OS/c1-3-11(2)18-15(21)10-22-17-19-13-8-4-6-12-7-5-9-14(20-17)16(12)13/h4-9,11H,3,10H2,1-2H3,(H,18,21)(H,19,20)/t11-/m1/s1. The summed E-state index contributed by atoms with van der Waals surface area (Å²) in [4.78, 5) is 16.5. The van der Waals surface area contributed by atoms with Crippen LogP contribution in [0, 0.1) is 0 Å². The average molecular weight is 313 g/mol. The minimum absolute atomic E-state index is 0.0425. The molecule has 2 N–H and O–H groups in total. The van der Waals surface area contributed by atoms with E-state index in [9.17, 15) is 4.79 Å². The molecule has 1 aliphatic heterocycles. The van der Waals surface area contributed by atoms with E-state index in [1.807, 2.05) is 31.2 Å². The van der Waals surface area contributed by atoms with Gasteiger partial charge in [0.2, 0.25) is 5.91 Å². The van der Waals surface area contributed by atoms with Crippen molar-refractivity contribution in [3.63, 3.8) is 0 Å². The normalized spacial score (nSPS) is 14.2. The van der Waals surface area contributed by atoms with Crippen LogP contribution in [0.4, 0.5) is 11.4 Å². The number of amides is 1. The predicted molar refractivity (Wildman–Crippen MR) is 95.0 cm³/mol. The molecule has 2 aromatic rings. The Bertz CT molecular complexity index is 737. The number of rotatable bonds is 4. The fourth-order valence-electron chi connectivity index (χ4n) is 2.39. The maximum Gasteiger partial charge on any atom is 0.230 e. The summed E-state index contributed by atoms with van der Waals surface area (Å²) in [6.45, 7) is 4.07. The maximum atomic E-state index is 11.9. The van der Waals surface area contributed by atoms with Crippen molar-refractivity contribution in [3.8, 4) is 0 Å². The van der Waals surface area contributed by atoms with Crippen molar-refractivity contribution >= 4 is 45.0 Å². The summed E-state index contributed by atoms with van der Waals surface area (Å²) in [6.07, 6.45) is 0.935. The zero-order valence-corrected chi connectivity index (χ0v) is 13.5. The van der Waals surface area contributed by atoms with Gasteiger partial charge in [0.15, 0.2) is 5.17 Å². The van der Waals surface area contributed by atoms with Gasteiger partial charge >= 0.3 is 0 Å². The van der Waals surface area contributed by atoms with Crippen molar-refractivity contribution < 1.29 is 4.79 Å². The summed E-state index contributed by atoms with van der Waals surface area (Å²) in [7, 11) is 0. The second-order valence-corrected chi connectivity index (χ2v) is 6.35. The van der Waals surface area contributed by atoms with Crippen molar-refractivity contribution in [1.29, 1.82) is 0 Å². The van der Waals surface area contributed by atoms with Gasteiger partial charge in [-0.05, 0) is 30.9 Å². The molecule has 22 heavy (non-hydrogen) atoms. The Kier molecular flexibility index (Phi) is 4.34. The topological polar surface area (TPSA) is 53.5 Å². The molecule has 1 aliphatic rings. The molecule has 114 valence electrons. The zero-order chi connectivity index (χ0) is 15.5. The molecule has 0 aromatic heterocycles. The van der Waals surface area contributed by atoms with Crippen LogP contribution in [-0.4, -0.2) is 22.9 Å². The summed E-state index contributed by atoms with van der Waals surface area (Å²) in [5.74, 6) is 0.412. The molecule has 0 spiro atoms. The number of thioether (sulfide) groups is 1. The Hall–Kier alpha value is -2.01. The quantitative estimate of drug-likeness (QED) is 0.900. The number of nitrogens with zero attached hydrogens (tertiary/aromatic N) is 1. The monoisotopic (exact) mass is 313 g/mol. The maximum absolute atomic E-state index is 11.9. The van der Waals surface area contributed by atoms with E-state index in [1.54, 1.807) is 0 Å². The zero-order valence-electron chi connectivity index (χ0n) is 12.7. The van der Waals surface area contributed by atoms with Crippen LogP contribution in [0.2, 0.25) is 0 Å². The highest BCUT2D eigenvalue weighted by Crippen LogP contribution is 2.36. The van der Waals surface area contributed by atoms with E-state index in [1.165, 1.54) is 17.1 Å². The molecule has 1 atom stereocenters. The van der Waals surface area contributed by atoms with Gasteiger partial charge in [-0.1, -0.05) is 43.0 Å². The highest BCUT2D eigenvalue weighted by molar-refractivity contribution is 8.14. The molecule has 0 aliphatic carbocycles. The second-order valence-electron chi connectivity index (χ2n) is 5.39. The Morgan fingerprint density at radius 2 is 2.09 bits per heavy atom. The third-order valence-corrected chi connectivity index (χ3v) is 4.58. The van der Waals surface area contributed by atoms with Crippen LogP contribution < -0.4 is 10.6 Å². The highest BCUT2D eigenvalue weighted by Gasteiger charge is 2.15. The van der Waals surface area contributed by atoms with Crippen molar-refractivity contribution in [1.82, 2.24) is 5.32 Å². The first-order chi connectivity index (χ1) is 10.7. The number of hydrogen-bond acceptors (Lipinski definition) is 4. The Morgan fingerprint density at radius 1 is 1.32 bits per heavy atom. The van der Waals surface area contributed by atoms with E-state index < -0.39 is 0 Å². The fourth-order valence-corrected chi connectivity index (χ4v) is 3.09. The molecule has 1 amide bonds. The van der Waals surface area contributed by atoms with Gasteiger partial charge < -0.3 is 10.6 Å². The summed E-state index contributed by atoms with van der Waals surface area (Å²) in [5.41, 5.74) is 2.00. The molecular weight excluding hydrogens is 294 g/mol. The molecule has 3 rings (SSSR count). The van der Waals surface area contributed by atoms with Gasteiger partial charge in [0, 0.05) is 11.4 Å². The van der Waals surface area contributed by atoms with Gasteiger partial charge in [-0.2, -0.15) is 0 Å². The lowest BCUT2D eigenvalue weighted by Gasteiger charge is -2.18. The highest BCUT2D eigenvalue weighted by atomic mass is 32.2. The first kappa shape index (κ1) is 14.9. The van der Waals surface area contributed by atoms with Crippen LogP contribution in [0.1, 0.15) is 20.3 Å². The number of nitrogens with one attached hydrogen (secondary N) is 2. The van der Waals surface area contributed by atoms with Crippen molar-refractivity contribution in [2.24, 2.45) is 4.99 Å². The van der Waals surface area contributed by atoms with Gasteiger partial charge in [-0.15, -0.1) is 0 Å². The minimum atomic E-state index is 0.0425. The first-order valence-electron chi connectivity index (χ1n) is 7.47. The number of aliphatic imine (C=N–C) groups is 1. The second kappa shape index (κ2) is 6.40. The first-order valence-corrected chi connectivity index (χ1v) is 8.45. The van der Waals surface area contributed by atoms with Gasteiger partial charge in [-0.3, -0.25) is 4.79 Å². The molecule has 0 unspecified atom stereocenters. The molecule has 5 heteroatoms. The van der Waals surface area contributed by atoms with Crippen molar-refractivity contribution in [3.05, 3.63) is 36.4 Å². The Balaban J connectivity index is 1.73. The molecule has 0 fully saturated rings. The molecular formula is C17H19N3OS. The number of carbonyl (C=O) groups is 1. The van der Waals surface area contributed by atoms with E-state index in [0.29, 0.717) is 5.75 Å². The Labute approximate surface area is 134 Å². The van der Waals surface area contributed by atoms with E-state index in [-0.39, 0.29) is 11.9 Å². The summed E-state index contributed by atoms with van der Waals surface area (Å²) in [5, 5.41) is 9.36. The van der Waals surface area contributed by atoms with Crippen LogP contribution in [0.3, 0.4) is 0 Å². The van der Waals surface area contributed by atoms with Crippen LogP contribution in [0.5, 0.6) is 0 Å². The van der Waals surface area contributed by atoms with E-state index in [2.05, 4.69) is 34.7 Å². The largest absolute Gasteiger partial charge is 0.353 e.